The summed E-state index contributed by atoms with van der Waals surface area (Å²) in [7, 11) is 0. The van der Waals surface area contributed by atoms with E-state index in [0.29, 0.717) is 17.9 Å². The molecule has 0 aliphatic carbocycles. The van der Waals surface area contributed by atoms with Crippen LogP contribution >= 0.6 is 0 Å². The average molecular weight is 311 g/mol. The van der Waals surface area contributed by atoms with Crippen molar-refractivity contribution in [3.05, 3.63) is 65.2 Å². The van der Waals surface area contributed by atoms with E-state index in [1.54, 1.807) is 31.2 Å². The van der Waals surface area contributed by atoms with Crippen LogP contribution < -0.4 is 10.1 Å². The number of ether oxygens (including phenoxy) is 1. The molecule has 0 saturated heterocycles. The number of rotatable bonds is 6. The van der Waals surface area contributed by atoms with E-state index in [4.69, 9.17) is 4.74 Å². The Bertz CT molecular complexity index is 709. The van der Waals surface area contributed by atoms with Crippen LogP contribution in [0.15, 0.2) is 48.5 Å². The average Bonchev–Trinajstić information content (AvgIpc) is 2.54. The minimum Gasteiger partial charge on any atom is -0.481 e. The van der Waals surface area contributed by atoms with E-state index >= 15 is 0 Å². The Kier molecular flexibility index (Phi) is 5.52. The molecule has 1 N–H and O–H groups in total. The third-order valence-corrected chi connectivity index (χ3v) is 3.64. The van der Waals surface area contributed by atoms with Crippen molar-refractivity contribution in [3.63, 3.8) is 0 Å². The SMILES string of the molecule is CC(=O)c1cccc(OC(C)C(=O)NCc2ccccc2C)c1. The molecule has 0 heterocycles. The van der Waals surface area contributed by atoms with Crippen LogP contribution in [0.4, 0.5) is 0 Å². The number of carbonyl (C=O) groups is 2. The van der Waals surface area contributed by atoms with Crippen LogP contribution in [0.3, 0.4) is 0 Å². The van der Waals surface area contributed by atoms with Crippen molar-refractivity contribution in [2.24, 2.45) is 0 Å². The van der Waals surface area contributed by atoms with Crippen molar-refractivity contribution < 1.29 is 14.3 Å². The number of hydrogen-bond donors (Lipinski definition) is 1. The molecule has 0 fully saturated rings. The molecule has 0 aliphatic rings. The van der Waals surface area contributed by atoms with Crippen molar-refractivity contribution in [1.82, 2.24) is 5.32 Å². The highest BCUT2D eigenvalue weighted by molar-refractivity contribution is 5.94. The highest BCUT2D eigenvalue weighted by Crippen LogP contribution is 2.15. The highest BCUT2D eigenvalue weighted by atomic mass is 16.5. The second-order valence-electron chi connectivity index (χ2n) is 5.49. The molecule has 0 spiro atoms. The van der Waals surface area contributed by atoms with Crippen LogP contribution in [-0.2, 0) is 11.3 Å². The fourth-order valence-corrected chi connectivity index (χ4v) is 2.18. The largest absolute Gasteiger partial charge is 0.481 e. The van der Waals surface area contributed by atoms with Gasteiger partial charge in [0, 0.05) is 12.1 Å². The molecular weight excluding hydrogens is 290 g/mol. The summed E-state index contributed by atoms with van der Waals surface area (Å²) in [4.78, 5) is 23.5. The zero-order valence-electron chi connectivity index (χ0n) is 13.6. The van der Waals surface area contributed by atoms with Crippen molar-refractivity contribution in [1.29, 1.82) is 0 Å². The molecule has 0 aromatic heterocycles. The van der Waals surface area contributed by atoms with E-state index < -0.39 is 6.10 Å². The first-order valence-corrected chi connectivity index (χ1v) is 7.57. The first kappa shape index (κ1) is 16.7. The van der Waals surface area contributed by atoms with Crippen LogP contribution in [0.25, 0.3) is 0 Å². The first-order chi connectivity index (χ1) is 11.0. The summed E-state index contributed by atoms with van der Waals surface area (Å²) >= 11 is 0. The van der Waals surface area contributed by atoms with E-state index in [0.717, 1.165) is 11.1 Å². The maximum Gasteiger partial charge on any atom is 0.261 e. The van der Waals surface area contributed by atoms with Gasteiger partial charge in [-0.3, -0.25) is 9.59 Å². The smallest absolute Gasteiger partial charge is 0.261 e. The van der Waals surface area contributed by atoms with Crippen LogP contribution in [0.1, 0.15) is 35.3 Å². The lowest BCUT2D eigenvalue weighted by atomic mass is 10.1. The Balaban J connectivity index is 1.94. The Morgan fingerprint density at radius 1 is 1.13 bits per heavy atom. The molecule has 1 amide bonds. The van der Waals surface area contributed by atoms with Crippen LogP contribution in [0, 0.1) is 6.92 Å². The van der Waals surface area contributed by atoms with Gasteiger partial charge in [0.2, 0.25) is 0 Å². The molecule has 23 heavy (non-hydrogen) atoms. The standard InChI is InChI=1S/C19H21NO3/c1-13-7-4-5-8-17(13)12-20-19(22)15(3)23-18-10-6-9-16(11-18)14(2)21/h4-11,15H,12H2,1-3H3,(H,20,22). The van der Waals surface area contributed by atoms with E-state index in [1.807, 2.05) is 31.2 Å². The van der Waals surface area contributed by atoms with Crippen LogP contribution in [-0.4, -0.2) is 17.8 Å². The lowest BCUT2D eigenvalue weighted by Crippen LogP contribution is -2.36. The number of carbonyl (C=O) groups excluding carboxylic acids is 2. The summed E-state index contributed by atoms with van der Waals surface area (Å²) in [6, 6.07) is 14.7. The molecule has 120 valence electrons. The monoisotopic (exact) mass is 311 g/mol. The van der Waals surface area contributed by atoms with Gasteiger partial charge in [-0.05, 0) is 44.0 Å². The lowest BCUT2D eigenvalue weighted by Gasteiger charge is -2.15. The summed E-state index contributed by atoms with van der Waals surface area (Å²) in [5.74, 6) is 0.282. The van der Waals surface area contributed by atoms with Crippen molar-refractivity contribution in [3.8, 4) is 5.75 Å². The fourth-order valence-electron chi connectivity index (χ4n) is 2.18. The highest BCUT2D eigenvalue weighted by Gasteiger charge is 2.15. The topological polar surface area (TPSA) is 55.4 Å². The minimum absolute atomic E-state index is 0.0351. The number of nitrogens with one attached hydrogen (secondary N) is 1. The third-order valence-electron chi connectivity index (χ3n) is 3.64. The van der Waals surface area contributed by atoms with Gasteiger partial charge in [-0.25, -0.2) is 0 Å². The Morgan fingerprint density at radius 2 is 1.87 bits per heavy atom. The van der Waals surface area contributed by atoms with E-state index in [-0.39, 0.29) is 11.7 Å². The predicted octanol–water partition coefficient (Wildman–Crippen LogP) is 3.28. The normalized spacial score (nSPS) is 11.6. The fraction of sp³-hybridized carbons (Fsp3) is 0.263. The molecule has 0 aliphatic heterocycles. The Hall–Kier alpha value is -2.62. The predicted molar refractivity (Wildman–Crippen MR) is 89.6 cm³/mol. The molecule has 0 radical (unpaired) electrons. The summed E-state index contributed by atoms with van der Waals surface area (Å²) in [6.45, 7) is 5.66. The maximum atomic E-state index is 12.1. The molecule has 2 aromatic carbocycles. The van der Waals surface area contributed by atoms with Gasteiger partial charge in [0.1, 0.15) is 5.75 Å². The van der Waals surface area contributed by atoms with Gasteiger partial charge in [-0.2, -0.15) is 0 Å². The van der Waals surface area contributed by atoms with Crippen LogP contribution in [0.5, 0.6) is 5.75 Å². The van der Waals surface area contributed by atoms with Gasteiger partial charge in [0.05, 0.1) is 0 Å². The number of aryl methyl sites for hydroxylation is 1. The number of Topliss-reactive ketones (excluding diaryl/α,β-unsaturated/α-hetero) is 1. The maximum absolute atomic E-state index is 12.1. The molecule has 2 aromatic rings. The summed E-state index contributed by atoms with van der Waals surface area (Å²) in [5.41, 5.74) is 2.78. The molecule has 0 bridgehead atoms. The van der Waals surface area contributed by atoms with Gasteiger partial charge in [-0.15, -0.1) is 0 Å². The van der Waals surface area contributed by atoms with Gasteiger partial charge < -0.3 is 10.1 Å². The summed E-state index contributed by atoms with van der Waals surface area (Å²) < 4.78 is 5.62. The van der Waals surface area contributed by atoms with Gasteiger partial charge in [0.15, 0.2) is 11.9 Å². The quantitative estimate of drug-likeness (QED) is 0.833. The number of hydrogen-bond acceptors (Lipinski definition) is 3. The molecule has 4 nitrogen and oxygen atoms in total. The van der Waals surface area contributed by atoms with E-state index in [9.17, 15) is 9.59 Å². The van der Waals surface area contributed by atoms with Crippen molar-refractivity contribution >= 4 is 11.7 Å². The number of benzene rings is 2. The summed E-state index contributed by atoms with van der Waals surface area (Å²) in [6.07, 6.45) is -0.638. The van der Waals surface area contributed by atoms with Gasteiger partial charge in [-0.1, -0.05) is 36.4 Å². The van der Waals surface area contributed by atoms with Crippen molar-refractivity contribution in [2.45, 2.75) is 33.4 Å². The zero-order chi connectivity index (χ0) is 16.8. The third kappa shape index (κ3) is 4.68. The minimum atomic E-state index is -0.638. The molecular formula is C19H21NO3. The molecule has 0 saturated carbocycles. The lowest BCUT2D eigenvalue weighted by molar-refractivity contribution is -0.127. The Morgan fingerprint density at radius 3 is 2.57 bits per heavy atom. The first-order valence-electron chi connectivity index (χ1n) is 7.57. The number of amides is 1. The number of ketones is 1. The molecule has 4 heteroatoms. The van der Waals surface area contributed by atoms with Gasteiger partial charge in [0.25, 0.3) is 5.91 Å². The van der Waals surface area contributed by atoms with Gasteiger partial charge >= 0.3 is 0 Å². The molecule has 1 unspecified atom stereocenters. The van der Waals surface area contributed by atoms with Crippen LogP contribution in [0.2, 0.25) is 0 Å². The second kappa shape index (κ2) is 7.58. The summed E-state index contributed by atoms with van der Waals surface area (Å²) in [5, 5.41) is 2.87. The van der Waals surface area contributed by atoms with Crippen molar-refractivity contribution in [2.75, 3.05) is 0 Å². The van der Waals surface area contributed by atoms with E-state index in [2.05, 4.69) is 5.32 Å². The zero-order valence-corrected chi connectivity index (χ0v) is 13.6. The molecule has 2 rings (SSSR count). The Labute approximate surface area is 136 Å². The molecule has 1 atom stereocenters. The van der Waals surface area contributed by atoms with E-state index in [1.165, 1.54) is 6.92 Å². The second-order valence-corrected chi connectivity index (χ2v) is 5.49.